The molecule has 1 aromatic carbocycles. The van der Waals surface area contributed by atoms with Gasteiger partial charge < -0.3 is 23.8 Å². The minimum absolute atomic E-state index is 0.319. The van der Waals surface area contributed by atoms with Crippen LogP contribution in [0.5, 0.6) is 5.75 Å². The number of nitrogens with zero attached hydrogens (tertiary/aromatic N) is 5. The SMILES string of the molecule is CC=CC1CC(=CC2=CC(OC)=C(n3cnc(C)c3)CC2)C2=NOC3(CCOc4cc(C#N)ccc43)N2C1. The number of aryl methyl sites for hydroxylation is 1. The maximum atomic E-state index is 9.38. The van der Waals surface area contributed by atoms with Gasteiger partial charge in [-0.3, -0.25) is 0 Å². The molecule has 1 fully saturated rings. The number of oxime groups is 1. The van der Waals surface area contributed by atoms with Crippen molar-refractivity contribution in [1.29, 1.82) is 5.26 Å². The van der Waals surface area contributed by atoms with Gasteiger partial charge in [-0.1, -0.05) is 23.4 Å². The van der Waals surface area contributed by atoms with E-state index in [1.807, 2.05) is 31.6 Å². The fraction of sp³-hybridized carbons (Fsp3) is 0.367. The molecule has 2 unspecified atom stereocenters. The minimum atomic E-state index is -0.735. The third kappa shape index (κ3) is 3.99. The van der Waals surface area contributed by atoms with Crippen LogP contribution in [0, 0.1) is 24.2 Å². The topological polar surface area (TPSA) is 84.9 Å². The van der Waals surface area contributed by atoms with Gasteiger partial charge in [0.05, 0.1) is 48.6 Å². The second-order valence-electron chi connectivity index (χ2n) is 10.1. The van der Waals surface area contributed by atoms with Crippen molar-refractivity contribution in [2.45, 2.75) is 45.3 Å². The summed E-state index contributed by atoms with van der Waals surface area (Å²) in [5.41, 5.74) is 5.21. The first-order valence-electron chi connectivity index (χ1n) is 13.1. The summed E-state index contributed by atoms with van der Waals surface area (Å²) in [6.07, 6.45) is 15.9. The first-order chi connectivity index (χ1) is 18.5. The molecule has 0 radical (unpaired) electrons. The summed E-state index contributed by atoms with van der Waals surface area (Å²) in [6, 6.07) is 7.78. The zero-order chi connectivity index (χ0) is 26.3. The lowest BCUT2D eigenvalue weighted by molar-refractivity contribution is -0.130. The van der Waals surface area contributed by atoms with E-state index in [-0.39, 0.29) is 0 Å². The average Bonchev–Trinajstić information content (AvgIpc) is 3.53. The molecule has 3 aliphatic heterocycles. The quantitative estimate of drug-likeness (QED) is 0.513. The van der Waals surface area contributed by atoms with E-state index in [0.29, 0.717) is 30.3 Å². The van der Waals surface area contributed by atoms with E-state index in [4.69, 9.17) is 14.3 Å². The molecule has 194 valence electrons. The molecule has 6 rings (SSSR count). The molecule has 0 N–H and O–H groups in total. The van der Waals surface area contributed by atoms with Crippen molar-refractivity contribution in [1.82, 2.24) is 14.5 Å². The average molecular weight is 510 g/mol. The summed E-state index contributed by atoms with van der Waals surface area (Å²) in [5, 5.41) is 14.0. The fourth-order valence-corrected chi connectivity index (χ4v) is 5.94. The number of rotatable bonds is 4. The van der Waals surface area contributed by atoms with Gasteiger partial charge in [-0.2, -0.15) is 5.26 Å². The highest BCUT2D eigenvalue weighted by Gasteiger charge is 2.53. The van der Waals surface area contributed by atoms with E-state index < -0.39 is 5.72 Å². The van der Waals surface area contributed by atoms with Gasteiger partial charge >= 0.3 is 0 Å². The lowest BCUT2D eigenvalue weighted by Gasteiger charge is -2.44. The molecule has 1 spiro atoms. The van der Waals surface area contributed by atoms with Crippen LogP contribution >= 0.6 is 0 Å². The summed E-state index contributed by atoms with van der Waals surface area (Å²) in [6.45, 7) is 5.35. The molecule has 2 aromatic rings. The Kier molecular flexibility index (Phi) is 6.07. The number of aromatic nitrogens is 2. The number of amidine groups is 1. The number of allylic oxidation sites excluding steroid dienone is 5. The van der Waals surface area contributed by atoms with Crippen LogP contribution in [0.1, 0.15) is 49.4 Å². The van der Waals surface area contributed by atoms with Crippen molar-refractivity contribution >= 4 is 11.5 Å². The molecule has 0 saturated carbocycles. The van der Waals surface area contributed by atoms with Crippen LogP contribution in [0.25, 0.3) is 5.70 Å². The van der Waals surface area contributed by atoms with E-state index >= 15 is 0 Å². The number of hydrogen-bond acceptors (Lipinski definition) is 7. The number of benzene rings is 1. The Morgan fingerprint density at radius 1 is 1.29 bits per heavy atom. The third-order valence-electron chi connectivity index (χ3n) is 7.71. The molecular formula is C30H31N5O3. The molecule has 1 aromatic heterocycles. The van der Waals surface area contributed by atoms with Gasteiger partial charge in [0, 0.05) is 19.2 Å². The second kappa shape index (κ2) is 9.56. The number of hydrogen-bond donors (Lipinski definition) is 0. The first kappa shape index (κ1) is 24.1. The van der Waals surface area contributed by atoms with Crippen LogP contribution in [0.3, 0.4) is 0 Å². The number of nitriles is 1. The number of imidazole rings is 1. The monoisotopic (exact) mass is 509 g/mol. The van der Waals surface area contributed by atoms with Crippen molar-refractivity contribution in [3.63, 3.8) is 0 Å². The van der Waals surface area contributed by atoms with Crippen LogP contribution < -0.4 is 4.74 Å². The summed E-state index contributed by atoms with van der Waals surface area (Å²) in [5.74, 6) is 2.74. The highest BCUT2D eigenvalue weighted by Crippen LogP contribution is 2.49. The zero-order valence-electron chi connectivity index (χ0n) is 22.0. The van der Waals surface area contributed by atoms with Gasteiger partial charge in [0.25, 0.3) is 0 Å². The Balaban J connectivity index is 1.37. The predicted octanol–water partition coefficient (Wildman–Crippen LogP) is 5.40. The number of methoxy groups -OCH3 is 1. The highest BCUT2D eigenvalue weighted by atomic mass is 16.7. The van der Waals surface area contributed by atoms with Crippen molar-refractivity contribution in [2.24, 2.45) is 11.1 Å². The van der Waals surface area contributed by atoms with E-state index in [2.05, 4.69) is 56.9 Å². The molecule has 8 heteroatoms. The molecule has 0 bridgehead atoms. The Hall–Kier alpha value is -4.25. The smallest absolute Gasteiger partial charge is 0.244 e. The van der Waals surface area contributed by atoms with Crippen molar-refractivity contribution in [3.05, 3.63) is 88.8 Å². The maximum Gasteiger partial charge on any atom is 0.244 e. The molecule has 8 nitrogen and oxygen atoms in total. The summed E-state index contributed by atoms with van der Waals surface area (Å²) < 4.78 is 13.8. The standard InChI is InChI=1S/C30H31N5O3/c1-4-5-23-13-24(12-21-7-9-26(28(14-21)36-3)34-17-20(2)32-19-34)29-33-38-30(35(29)18-23)10-11-37-27-15-22(16-31)6-8-25(27)30/h4-6,8,12,14-15,17,19,23H,7,9-11,13,18H2,1-3H3. The van der Waals surface area contributed by atoms with Gasteiger partial charge in [0.15, 0.2) is 5.84 Å². The highest BCUT2D eigenvalue weighted by molar-refractivity contribution is 6.00. The number of ether oxygens (including phenoxy) is 2. The molecule has 2 atom stereocenters. The van der Waals surface area contributed by atoms with Crippen LogP contribution in [0.2, 0.25) is 0 Å². The van der Waals surface area contributed by atoms with Gasteiger partial charge in [-0.15, -0.1) is 0 Å². The molecule has 38 heavy (non-hydrogen) atoms. The van der Waals surface area contributed by atoms with Crippen LogP contribution in [0.15, 0.2) is 77.1 Å². The fourth-order valence-electron chi connectivity index (χ4n) is 5.94. The second-order valence-corrected chi connectivity index (χ2v) is 10.1. The molecule has 0 amide bonds. The Morgan fingerprint density at radius 2 is 2.18 bits per heavy atom. The molecule has 4 aliphatic rings. The van der Waals surface area contributed by atoms with Crippen molar-refractivity contribution in [3.8, 4) is 11.8 Å². The zero-order valence-corrected chi connectivity index (χ0v) is 22.0. The van der Waals surface area contributed by atoms with Crippen LogP contribution in [-0.2, 0) is 15.3 Å². The number of fused-ring (bicyclic) bond motifs is 4. The summed E-state index contributed by atoms with van der Waals surface area (Å²) in [4.78, 5) is 13.0. The first-order valence-corrected chi connectivity index (χ1v) is 13.1. The van der Waals surface area contributed by atoms with Gasteiger partial charge in [0.1, 0.15) is 11.5 Å². The number of piperidine rings is 1. The molecular weight excluding hydrogens is 478 g/mol. The molecule has 1 aliphatic carbocycles. The summed E-state index contributed by atoms with van der Waals surface area (Å²) in [7, 11) is 1.72. The Morgan fingerprint density at radius 3 is 2.95 bits per heavy atom. The lowest BCUT2D eigenvalue weighted by Crippen LogP contribution is -2.53. The van der Waals surface area contributed by atoms with Crippen molar-refractivity contribution in [2.75, 3.05) is 20.3 Å². The molecule has 1 saturated heterocycles. The van der Waals surface area contributed by atoms with E-state index in [1.54, 1.807) is 13.2 Å². The van der Waals surface area contributed by atoms with Gasteiger partial charge in [-0.25, -0.2) is 4.98 Å². The van der Waals surface area contributed by atoms with E-state index in [0.717, 1.165) is 59.9 Å². The Bertz CT molecular complexity index is 1470. The largest absolute Gasteiger partial charge is 0.495 e. The van der Waals surface area contributed by atoms with Crippen LogP contribution in [-0.4, -0.2) is 40.5 Å². The van der Waals surface area contributed by atoms with Gasteiger partial charge in [0.2, 0.25) is 5.72 Å². The molecule has 4 heterocycles. The predicted molar refractivity (Wildman–Crippen MR) is 144 cm³/mol. The van der Waals surface area contributed by atoms with Crippen molar-refractivity contribution < 1.29 is 14.3 Å². The maximum absolute atomic E-state index is 9.38. The van der Waals surface area contributed by atoms with E-state index in [1.165, 1.54) is 5.57 Å². The van der Waals surface area contributed by atoms with Gasteiger partial charge in [-0.05, 0) is 74.4 Å². The normalized spacial score (nSPS) is 25.5. The lowest BCUT2D eigenvalue weighted by atomic mass is 9.85. The summed E-state index contributed by atoms with van der Waals surface area (Å²) >= 11 is 0. The van der Waals surface area contributed by atoms with Crippen LogP contribution in [0.4, 0.5) is 0 Å². The Labute approximate surface area is 222 Å². The minimum Gasteiger partial charge on any atom is -0.495 e. The third-order valence-corrected chi connectivity index (χ3v) is 7.71. The van der Waals surface area contributed by atoms with E-state index in [9.17, 15) is 5.26 Å².